The van der Waals surface area contributed by atoms with Crippen LogP contribution in [0, 0.1) is 6.92 Å². The predicted octanol–water partition coefficient (Wildman–Crippen LogP) is 2.86. The van der Waals surface area contributed by atoms with Crippen molar-refractivity contribution in [1.82, 2.24) is 4.57 Å². The minimum absolute atomic E-state index is 0.0968. The minimum Gasteiger partial charge on any atom is -0.481 e. The normalized spacial score (nSPS) is 12.3. The molecule has 0 aliphatic rings. The molecule has 0 spiro atoms. The maximum Gasteiger partial charge on any atom is 0.305 e. The summed E-state index contributed by atoms with van der Waals surface area (Å²) < 4.78 is 1.94. The van der Waals surface area contributed by atoms with Crippen molar-refractivity contribution >= 4 is 5.97 Å². The molecule has 3 heteroatoms. The van der Waals surface area contributed by atoms with Gasteiger partial charge in [-0.05, 0) is 30.2 Å². The number of carbonyl (C=O) groups is 1. The molecule has 1 atom stereocenters. The summed E-state index contributed by atoms with van der Waals surface area (Å²) in [6.45, 7) is 2.01. The number of carboxylic acid groups (broad SMARTS) is 1. The molecule has 0 bridgehead atoms. The van der Waals surface area contributed by atoms with E-state index in [0.29, 0.717) is 0 Å². The molecular weight excluding hydrogens is 214 g/mol. The third-order valence-electron chi connectivity index (χ3n) is 2.90. The zero-order chi connectivity index (χ0) is 12.3. The van der Waals surface area contributed by atoms with Crippen LogP contribution < -0.4 is 0 Å². The van der Waals surface area contributed by atoms with Crippen LogP contribution in [0.4, 0.5) is 0 Å². The van der Waals surface area contributed by atoms with Crippen LogP contribution >= 0.6 is 0 Å². The van der Waals surface area contributed by atoms with Crippen LogP contribution in [0.25, 0.3) is 0 Å². The number of aliphatic carboxylic acids is 1. The van der Waals surface area contributed by atoms with Crippen molar-refractivity contribution in [3.05, 3.63) is 59.9 Å². The molecular formula is C14H15NO2. The van der Waals surface area contributed by atoms with Crippen molar-refractivity contribution < 1.29 is 9.90 Å². The van der Waals surface area contributed by atoms with E-state index in [4.69, 9.17) is 5.11 Å². The van der Waals surface area contributed by atoms with Crippen molar-refractivity contribution in [1.29, 1.82) is 0 Å². The lowest BCUT2D eigenvalue weighted by Crippen LogP contribution is -2.14. The first-order chi connectivity index (χ1) is 8.18. The first kappa shape index (κ1) is 11.5. The van der Waals surface area contributed by atoms with Gasteiger partial charge < -0.3 is 9.67 Å². The van der Waals surface area contributed by atoms with Gasteiger partial charge in [0.2, 0.25) is 0 Å². The topological polar surface area (TPSA) is 42.2 Å². The lowest BCUT2D eigenvalue weighted by atomic mass is 9.99. The average Bonchev–Trinajstić information content (AvgIpc) is 2.80. The van der Waals surface area contributed by atoms with Crippen LogP contribution in [0.2, 0.25) is 0 Å². The Bertz CT molecular complexity index is 503. The summed E-state index contributed by atoms with van der Waals surface area (Å²) in [5.41, 5.74) is 2.18. The molecule has 1 N–H and O–H groups in total. The SMILES string of the molecule is Cc1ccccc1[C@@H](CC(=O)O)n1cccc1. The number of carboxylic acids is 1. The third kappa shape index (κ3) is 2.56. The second kappa shape index (κ2) is 4.87. The zero-order valence-corrected chi connectivity index (χ0v) is 9.71. The van der Waals surface area contributed by atoms with Crippen LogP contribution in [-0.2, 0) is 4.79 Å². The molecule has 0 saturated heterocycles. The van der Waals surface area contributed by atoms with E-state index in [2.05, 4.69) is 0 Å². The summed E-state index contributed by atoms with van der Waals surface area (Å²) in [5, 5.41) is 9.02. The fourth-order valence-corrected chi connectivity index (χ4v) is 2.06. The van der Waals surface area contributed by atoms with Crippen LogP contribution in [0.1, 0.15) is 23.6 Å². The molecule has 17 heavy (non-hydrogen) atoms. The van der Waals surface area contributed by atoms with E-state index in [9.17, 15) is 4.79 Å². The molecule has 0 fully saturated rings. The van der Waals surface area contributed by atoms with Gasteiger partial charge in [-0.3, -0.25) is 4.79 Å². The largest absolute Gasteiger partial charge is 0.481 e. The van der Waals surface area contributed by atoms with Gasteiger partial charge in [-0.15, -0.1) is 0 Å². The first-order valence-corrected chi connectivity index (χ1v) is 5.58. The molecule has 1 aromatic carbocycles. The molecule has 2 aromatic rings. The molecule has 0 aliphatic carbocycles. The van der Waals surface area contributed by atoms with Crippen molar-refractivity contribution in [2.45, 2.75) is 19.4 Å². The van der Waals surface area contributed by atoms with Crippen molar-refractivity contribution in [2.75, 3.05) is 0 Å². The molecule has 1 heterocycles. The summed E-state index contributed by atoms with van der Waals surface area (Å²) >= 11 is 0. The summed E-state index contributed by atoms with van der Waals surface area (Å²) in [5.74, 6) is -0.785. The van der Waals surface area contributed by atoms with Crippen LogP contribution in [-0.4, -0.2) is 15.6 Å². The van der Waals surface area contributed by atoms with Crippen molar-refractivity contribution in [3.63, 3.8) is 0 Å². The van der Waals surface area contributed by atoms with Gasteiger partial charge in [-0.1, -0.05) is 24.3 Å². The summed E-state index contributed by atoms with van der Waals surface area (Å²) in [6, 6.07) is 11.6. The quantitative estimate of drug-likeness (QED) is 0.875. The summed E-state index contributed by atoms with van der Waals surface area (Å²) in [4.78, 5) is 11.0. The maximum atomic E-state index is 11.0. The number of nitrogens with zero attached hydrogens (tertiary/aromatic N) is 1. The molecule has 1 aromatic heterocycles. The van der Waals surface area contributed by atoms with Crippen molar-refractivity contribution in [3.8, 4) is 0 Å². The van der Waals surface area contributed by atoms with E-state index in [1.54, 1.807) is 0 Å². The molecule has 2 rings (SSSR count). The van der Waals surface area contributed by atoms with Gasteiger partial charge in [0.15, 0.2) is 0 Å². The lowest BCUT2D eigenvalue weighted by molar-refractivity contribution is -0.137. The maximum absolute atomic E-state index is 11.0. The number of aromatic nitrogens is 1. The second-order valence-electron chi connectivity index (χ2n) is 4.10. The van der Waals surface area contributed by atoms with Gasteiger partial charge in [0.25, 0.3) is 0 Å². The third-order valence-corrected chi connectivity index (χ3v) is 2.90. The van der Waals surface area contributed by atoms with E-state index < -0.39 is 5.97 Å². The zero-order valence-electron chi connectivity index (χ0n) is 9.71. The highest BCUT2D eigenvalue weighted by Crippen LogP contribution is 2.25. The Kier molecular flexibility index (Phi) is 3.28. The molecule has 0 unspecified atom stereocenters. The highest BCUT2D eigenvalue weighted by Gasteiger charge is 2.17. The van der Waals surface area contributed by atoms with Crippen LogP contribution in [0.3, 0.4) is 0 Å². The molecule has 88 valence electrons. The van der Waals surface area contributed by atoms with Gasteiger partial charge in [-0.2, -0.15) is 0 Å². The number of benzene rings is 1. The Labute approximate surface area is 100 Å². The highest BCUT2D eigenvalue weighted by molar-refractivity contribution is 5.68. The molecule has 0 radical (unpaired) electrons. The monoisotopic (exact) mass is 229 g/mol. The molecule has 0 aliphatic heterocycles. The number of aryl methyl sites for hydroxylation is 1. The minimum atomic E-state index is -0.785. The summed E-state index contributed by atoms with van der Waals surface area (Å²) in [6.07, 6.45) is 3.90. The predicted molar refractivity (Wildman–Crippen MR) is 66.0 cm³/mol. The standard InChI is InChI=1S/C14H15NO2/c1-11-6-2-3-7-12(11)13(10-14(16)17)15-8-4-5-9-15/h2-9,13H,10H2,1H3,(H,16,17)/t13-/m1/s1. The smallest absolute Gasteiger partial charge is 0.305 e. The van der Waals surface area contributed by atoms with E-state index in [-0.39, 0.29) is 12.5 Å². The Balaban J connectivity index is 2.41. The van der Waals surface area contributed by atoms with E-state index in [1.807, 2.05) is 60.3 Å². The van der Waals surface area contributed by atoms with E-state index in [0.717, 1.165) is 11.1 Å². The molecule has 0 saturated carbocycles. The van der Waals surface area contributed by atoms with Gasteiger partial charge in [0.1, 0.15) is 0 Å². The first-order valence-electron chi connectivity index (χ1n) is 5.58. The summed E-state index contributed by atoms with van der Waals surface area (Å²) in [7, 11) is 0. The molecule has 3 nitrogen and oxygen atoms in total. The van der Waals surface area contributed by atoms with Gasteiger partial charge in [0.05, 0.1) is 12.5 Å². The second-order valence-corrected chi connectivity index (χ2v) is 4.10. The van der Waals surface area contributed by atoms with E-state index in [1.165, 1.54) is 0 Å². The number of hydrogen-bond donors (Lipinski definition) is 1. The van der Waals surface area contributed by atoms with E-state index >= 15 is 0 Å². The average molecular weight is 229 g/mol. The Morgan fingerprint density at radius 1 is 1.24 bits per heavy atom. The van der Waals surface area contributed by atoms with Crippen LogP contribution in [0.5, 0.6) is 0 Å². The lowest BCUT2D eigenvalue weighted by Gasteiger charge is -2.19. The Morgan fingerprint density at radius 2 is 1.88 bits per heavy atom. The van der Waals surface area contributed by atoms with Gasteiger partial charge in [0, 0.05) is 12.4 Å². The fraction of sp³-hybridized carbons (Fsp3) is 0.214. The number of rotatable bonds is 4. The van der Waals surface area contributed by atoms with Crippen molar-refractivity contribution in [2.24, 2.45) is 0 Å². The van der Waals surface area contributed by atoms with Gasteiger partial charge >= 0.3 is 5.97 Å². The van der Waals surface area contributed by atoms with Crippen LogP contribution in [0.15, 0.2) is 48.8 Å². The number of hydrogen-bond acceptors (Lipinski definition) is 1. The highest BCUT2D eigenvalue weighted by atomic mass is 16.4. The molecule has 0 amide bonds. The fourth-order valence-electron chi connectivity index (χ4n) is 2.06. The Morgan fingerprint density at radius 3 is 2.47 bits per heavy atom. The van der Waals surface area contributed by atoms with Gasteiger partial charge in [-0.25, -0.2) is 0 Å². The Hall–Kier alpha value is -2.03.